The Hall–Kier alpha value is -1.97. The predicted octanol–water partition coefficient (Wildman–Crippen LogP) is 3.48. The summed E-state index contributed by atoms with van der Waals surface area (Å²) in [5.74, 6) is -2.73. The molecule has 0 aliphatic heterocycles. The van der Waals surface area contributed by atoms with E-state index in [4.69, 9.17) is 5.11 Å². The highest BCUT2D eigenvalue weighted by molar-refractivity contribution is 5.66. The first-order valence-corrected chi connectivity index (χ1v) is 4.52. The van der Waals surface area contributed by atoms with Gasteiger partial charge in [0.15, 0.2) is 0 Å². The molecular weight excluding hydrogens is 217 g/mol. The van der Waals surface area contributed by atoms with Gasteiger partial charge in [-0.15, -0.1) is 0 Å². The monoisotopic (exact) mass is 224 g/mol. The molecule has 0 aliphatic carbocycles. The SMILES string of the molecule is Oc1cc(F)cc(-c2c(F)cccc2F)c1. The molecule has 82 valence electrons. The quantitative estimate of drug-likeness (QED) is 0.786. The van der Waals surface area contributed by atoms with Crippen LogP contribution in [-0.2, 0) is 0 Å². The Morgan fingerprint density at radius 2 is 1.50 bits per heavy atom. The van der Waals surface area contributed by atoms with Crippen molar-refractivity contribution in [2.45, 2.75) is 0 Å². The molecule has 4 heteroatoms. The Morgan fingerprint density at radius 3 is 2.06 bits per heavy atom. The molecule has 2 aromatic carbocycles. The lowest BCUT2D eigenvalue weighted by Crippen LogP contribution is -1.90. The van der Waals surface area contributed by atoms with Crippen molar-refractivity contribution in [3.05, 3.63) is 53.8 Å². The first-order valence-electron chi connectivity index (χ1n) is 4.52. The lowest BCUT2D eigenvalue weighted by atomic mass is 10.0. The molecule has 0 radical (unpaired) electrons. The van der Waals surface area contributed by atoms with Gasteiger partial charge in [-0.3, -0.25) is 0 Å². The van der Waals surface area contributed by atoms with E-state index in [1.54, 1.807) is 0 Å². The highest BCUT2D eigenvalue weighted by atomic mass is 19.1. The van der Waals surface area contributed by atoms with Crippen molar-refractivity contribution >= 4 is 0 Å². The summed E-state index contributed by atoms with van der Waals surface area (Å²) in [6.07, 6.45) is 0. The van der Waals surface area contributed by atoms with E-state index in [1.807, 2.05) is 0 Å². The summed E-state index contributed by atoms with van der Waals surface area (Å²) < 4.78 is 39.7. The molecule has 0 bridgehead atoms. The van der Waals surface area contributed by atoms with Crippen LogP contribution in [0.5, 0.6) is 5.75 Å². The fourth-order valence-corrected chi connectivity index (χ4v) is 1.49. The summed E-state index contributed by atoms with van der Waals surface area (Å²) in [4.78, 5) is 0. The highest BCUT2D eigenvalue weighted by Gasteiger charge is 2.12. The zero-order valence-corrected chi connectivity index (χ0v) is 8.05. The summed E-state index contributed by atoms with van der Waals surface area (Å²) in [5.41, 5.74) is -0.384. The summed E-state index contributed by atoms with van der Waals surface area (Å²) in [5, 5.41) is 9.15. The number of benzene rings is 2. The van der Waals surface area contributed by atoms with Gasteiger partial charge in [0.1, 0.15) is 23.2 Å². The topological polar surface area (TPSA) is 20.2 Å². The van der Waals surface area contributed by atoms with Gasteiger partial charge in [-0.25, -0.2) is 13.2 Å². The third-order valence-corrected chi connectivity index (χ3v) is 2.13. The maximum absolute atomic E-state index is 13.4. The standard InChI is InChI=1S/C12H7F3O/c13-8-4-7(5-9(16)6-8)12-10(14)2-1-3-11(12)15/h1-6,16H. The molecule has 0 saturated carbocycles. The highest BCUT2D eigenvalue weighted by Crippen LogP contribution is 2.29. The van der Waals surface area contributed by atoms with Crippen LogP contribution in [0.2, 0.25) is 0 Å². The molecule has 0 fully saturated rings. The fourth-order valence-electron chi connectivity index (χ4n) is 1.49. The molecule has 1 nitrogen and oxygen atoms in total. The molecule has 0 amide bonds. The lowest BCUT2D eigenvalue weighted by Gasteiger charge is -2.05. The summed E-state index contributed by atoms with van der Waals surface area (Å²) in [6, 6.07) is 6.28. The second-order valence-corrected chi connectivity index (χ2v) is 3.29. The second kappa shape index (κ2) is 3.89. The Labute approximate surface area is 89.8 Å². The molecule has 0 unspecified atom stereocenters. The minimum absolute atomic E-state index is 0.0342. The van der Waals surface area contributed by atoms with Gasteiger partial charge in [-0.1, -0.05) is 6.07 Å². The molecule has 0 atom stereocenters. The van der Waals surface area contributed by atoms with Crippen LogP contribution in [0.25, 0.3) is 11.1 Å². The maximum atomic E-state index is 13.4. The fraction of sp³-hybridized carbons (Fsp3) is 0. The van der Waals surface area contributed by atoms with Crippen molar-refractivity contribution in [2.24, 2.45) is 0 Å². The zero-order valence-electron chi connectivity index (χ0n) is 8.05. The Balaban J connectivity index is 2.67. The number of phenolic OH excluding ortho intramolecular Hbond substituents is 1. The van der Waals surface area contributed by atoms with Crippen molar-refractivity contribution < 1.29 is 18.3 Å². The first kappa shape index (κ1) is 10.5. The number of halogens is 3. The maximum Gasteiger partial charge on any atom is 0.133 e. The summed E-state index contributed by atoms with van der Waals surface area (Å²) in [6.45, 7) is 0. The number of hydrogen-bond donors (Lipinski definition) is 1. The van der Waals surface area contributed by atoms with Gasteiger partial charge in [0.2, 0.25) is 0 Å². The van der Waals surface area contributed by atoms with Crippen LogP contribution in [0.4, 0.5) is 13.2 Å². The van der Waals surface area contributed by atoms with Gasteiger partial charge >= 0.3 is 0 Å². The molecule has 2 rings (SSSR count). The largest absolute Gasteiger partial charge is 0.508 e. The Kier molecular flexibility index (Phi) is 2.56. The smallest absolute Gasteiger partial charge is 0.133 e. The molecule has 0 aliphatic rings. The minimum atomic E-state index is -0.801. The molecule has 16 heavy (non-hydrogen) atoms. The van der Waals surface area contributed by atoms with Gasteiger partial charge in [0.05, 0.1) is 5.56 Å². The van der Waals surface area contributed by atoms with Crippen molar-refractivity contribution in [2.75, 3.05) is 0 Å². The van der Waals surface area contributed by atoms with Crippen molar-refractivity contribution in [1.82, 2.24) is 0 Å². The van der Waals surface area contributed by atoms with E-state index in [9.17, 15) is 13.2 Å². The van der Waals surface area contributed by atoms with Crippen LogP contribution in [-0.4, -0.2) is 5.11 Å². The minimum Gasteiger partial charge on any atom is -0.508 e. The van der Waals surface area contributed by atoms with E-state index >= 15 is 0 Å². The van der Waals surface area contributed by atoms with Crippen LogP contribution in [0.15, 0.2) is 36.4 Å². The van der Waals surface area contributed by atoms with Crippen molar-refractivity contribution in [3.8, 4) is 16.9 Å². The van der Waals surface area contributed by atoms with Crippen LogP contribution < -0.4 is 0 Å². The van der Waals surface area contributed by atoms with Crippen LogP contribution in [0.3, 0.4) is 0 Å². The van der Waals surface area contributed by atoms with E-state index in [1.165, 1.54) is 6.07 Å². The summed E-state index contributed by atoms with van der Waals surface area (Å²) in [7, 11) is 0. The van der Waals surface area contributed by atoms with E-state index in [0.29, 0.717) is 0 Å². The van der Waals surface area contributed by atoms with E-state index in [-0.39, 0.29) is 16.9 Å². The van der Waals surface area contributed by atoms with Crippen LogP contribution >= 0.6 is 0 Å². The number of phenols is 1. The molecule has 0 heterocycles. The molecule has 2 aromatic rings. The first-order chi connectivity index (χ1) is 7.58. The van der Waals surface area contributed by atoms with E-state index in [0.717, 1.165) is 30.3 Å². The van der Waals surface area contributed by atoms with Gasteiger partial charge in [0.25, 0.3) is 0 Å². The van der Waals surface area contributed by atoms with Crippen molar-refractivity contribution in [3.63, 3.8) is 0 Å². The average Bonchev–Trinajstić information content (AvgIpc) is 2.15. The van der Waals surface area contributed by atoms with Gasteiger partial charge in [0, 0.05) is 6.07 Å². The Bertz CT molecular complexity index is 497. The third-order valence-electron chi connectivity index (χ3n) is 2.13. The second-order valence-electron chi connectivity index (χ2n) is 3.29. The third kappa shape index (κ3) is 1.86. The zero-order chi connectivity index (χ0) is 11.7. The number of hydrogen-bond acceptors (Lipinski definition) is 1. The lowest BCUT2D eigenvalue weighted by molar-refractivity contribution is 0.469. The van der Waals surface area contributed by atoms with Gasteiger partial charge in [-0.2, -0.15) is 0 Å². The van der Waals surface area contributed by atoms with E-state index < -0.39 is 17.5 Å². The molecule has 1 N–H and O–H groups in total. The number of aromatic hydroxyl groups is 1. The number of rotatable bonds is 1. The van der Waals surface area contributed by atoms with Crippen LogP contribution in [0, 0.1) is 17.5 Å². The van der Waals surface area contributed by atoms with E-state index in [2.05, 4.69) is 0 Å². The molecule has 0 saturated heterocycles. The van der Waals surface area contributed by atoms with Crippen LogP contribution in [0.1, 0.15) is 0 Å². The predicted molar refractivity (Wildman–Crippen MR) is 53.4 cm³/mol. The van der Waals surface area contributed by atoms with Crippen molar-refractivity contribution in [1.29, 1.82) is 0 Å². The molecule has 0 spiro atoms. The average molecular weight is 224 g/mol. The Morgan fingerprint density at radius 1 is 0.875 bits per heavy atom. The molecule has 0 aromatic heterocycles. The van der Waals surface area contributed by atoms with Gasteiger partial charge in [-0.05, 0) is 29.8 Å². The molecular formula is C12H7F3O. The van der Waals surface area contributed by atoms with Gasteiger partial charge < -0.3 is 5.11 Å². The summed E-state index contributed by atoms with van der Waals surface area (Å²) >= 11 is 0. The normalized spacial score (nSPS) is 10.4.